The van der Waals surface area contributed by atoms with Gasteiger partial charge in [-0.25, -0.2) is 0 Å². The van der Waals surface area contributed by atoms with E-state index in [9.17, 15) is 4.79 Å². The zero-order valence-corrected chi connectivity index (χ0v) is 10.8. The van der Waals surface area contributed by atoms with Crippen molar-refractivity contribution in [1.29, 1.82) is 5.26 Å². The van der Waals surface area contributed by atoms with Gasteiger partial charge < -0.3 is 11.1 Å². The third kappa shape index (κ3) is 3.40. The average Bonchev–Trinajstić information content (AvgIpc) is 2.94. The summed E-state index contributed by atoms with van der Waals surface area (Å²) in [5.74, 6) is -0.310. The molecule has 0 atom stereocenters. The average molecular weight is 270 g/mol. The monoisotopic (exact) mass is 270 g/mol. The van der Waals surface area contributed by atoms with Crippen molar-refractivity contribution in [3.05, 3.63) is 47.3 Å². The van der Waals surface area contributed by atoms with Crippen LogP contribution in [0.2, 0.25) is 0 Å². The predicted octanol–water partition coefficient (Wildman–Crippen LogP) is 0.0385. The summed E-state index contributed by atoms with van der Waals surface area (Å²) in [6, 6.07) is 9.11. The van der Waals surface area contributed by atoms with Gasteiger partial charge in [0.25, 0.3) is 5.91 Å². The molecule has 7 nitrogen and oxygen atoms in total. The van der Waals surface area contributed by atoms with Crippen LogP contribution in [0.15, 0.2) is 30.5 Å². The Morgan fingerprint density at radius 1 is 1.50 bits per heavy atom. The van der Waals surface area contributed by atoms with Crippen molar-refractivity contribution in [2.45, 2.75) is 13.1 Å². The molecule has 0 saturated carbocycles. The number of nitrogens with zero attached hydrogens (tertiary/aromatic N) is 4. The van der Waals surface area contributed by atoms with Gasteiger partial charge in [-0.05, 0) is 17.7 Å². The number of nitriles is 1. The molecule has 0 saturated heterocycles. The maximum atomic E-state index is 11.9. The highest BCUT2D eigenvalue weighted by molar-refractivity contribution is 5.91. The van der Waals surface area contributed by atoms with E-state index >= 15 is 0 Å². The van der Waals surface area contributed by atoms with Gasteiger partial charge in [-0.3, -0.25) is 9.48 Å². The first-order valence-electron chi connectivity index (χ1n) is 6.10. The number of nitrogens with one attached hydrogen (secondary N) is 1. The van der Waals surface area contributed by atoms with Gasteiger partial charge in [0.05, 0.1) is 24.4 Å². The summed E-state index contributed by atoms with van der Waals surface area (Å²) in [6.07, 6.45) is 1.55. The van der Waals surface area contributed by atoms with E-state index in [1.807, 2.05) is 6.07 Å². The van der Waals surface area contributed by atoms with Gasteiger partial charge in [0.1, 0.15) is 0 Å². The first-order chi connectivity index (χ1) is 9.72. The normalized spacial score (nSPS) is 10.0. The molecule has 0 spiro atoms. The van der Waals surface area contributed by atoms with Gasteiger partial charge in [0.15, 0.2) is 5.69 Å². The molecular formula is C13H14N6O. The zero-order valence-electron chi connectivity index (χ0n) is 10.8. The lowest BCUT2D eigenvalue weighted by Gasteiger charge is -2.03. The molecule has 20 heavy (non-hydrogen) atoms. The van der Waals surface area contributed by atoms with Gasteiger partial charge in [-0.1, -0.05) is 17.3 Å². The molecule has 0 bridgehead atoms. The number of rotatable bonds is 5. The van der Waals surface area contributed by atoms with Gasteiger partial charge >= 0.3 is 0 Å². The first kappa shape index (κ1) is 13.7. The minimum absolute atomic E-state index is 0.245. The van der Waals surface area contributed by atoms with Gasteiger partial charge in [0.2, 0.25) is 0 Å². The number of benzene rings is 1. The SMILES string of the molecule is N#Cc1cccc(CNC(=O)c2cn(CCN)nn2)c1. The van der Waals surface area contributed by atoms with Gasteiger partial charge in [-0.15, -0.1) is 5.10 Å². The Hall–Kier alpha value is -2.72. The van der Waals surface area contributed by atoms with Crippen molar-refractivity contribution >= 4 is 5.91 Å². The lowest BCUT2D eigenvalue weighted by molar-refractivity contribution is 0.0946. The molecule has 102 valence electrons. The summed E-state index contributed by atoms with van der Waals surface area (Å²) in [4.78, 5) is 11.9. The van der Waals surface area contributed by atoms with Crippen molar-refractivity contribution in [1.82, 2.24) is 20.3 Å². The molecule has 0 radical (unpaired) electrons. The second kappa shape index (κ2) is 6.45. The number of aromatic nitrogens is 3. The molecular weight excluding hydrogens is 256 g/mol. The lowest BCUT2D eigenvalue weighted by Crippen LogP contribution is -2.23. The highest BCUT2D eigenvalue weighted by Crippen LogP contribution is 2.04. The van der Waals surface area contributed by atoms with Crippen LogP contribution in [-0.4, -0.2) is 27.4 Å². The maximum absolute atomic E-state index is 11.9. The minimum Gasteiger partial charge on any atom is -0.347 e. The number of amides is 1. The van der Waals surface area contributed by atoms with E-state index in [1.165, 1.54) is 4.68 Å². The fourth-order valence-corrected chi connectivity index (χ4v) is 1.67. The number of carbonyl (C=O) groups excluding carboxylic acids is 1. The molecule has 1 aromatic carbocycles. The van der Waals surface area contributed by atoms with E-state index in [0.29, 0.717) is 25.2 Å². The standard InChI is InChI=1S/C13H14N6O/c14-4-5-19-9-12(17-18-19)13(20)16-8-11-3-1-2-10(6-11)7-15/h1-3,6,9H,4-5,8,14H2,(H,16,20). The highest BCUT2D eigenvalue weighted by atomic mass is 16.2. The fourth-order valence-electron chi connectivity index (χ4n) is 1.67. The molecule has 0 aliphatic carbocycles. The molecule has 3 N–H and O–H groups in total. The fraction of sp³-hybridized carbons (Fsp3) is 0.231. The van der Waals surface area contributed by atoms with Crippen molar-refractivity contribution < 1.29 is 4.79 Å². The summed E-state index contributed by atoms with van der Waals surface area (Å²) in [7, 11) is 0. The Kier molecular flexibility index (Phi) is 4.42. The minimum atomic E-state index is -0.310. The van der Waals surface area contributed by atoms with Crippen LogP contribution in [0.1, 0.15) is 21.6 Å². The number of carbonyl (C=O) groups is 1. The Labute approximate surface area is 116 Å². The number of hydrogen-bond donors (Lipinski definition) is 2. The highest BCUT2D eigenvalue weighted by Gasteiger charge is 2.10. The van der Waals surface area contributed by atoms with E-state index in [0.717, 1.165) is 5.56 Å². The van der Waals surface area contributed by atoms with E-state index < -0.39 is 0 Å². The van der Waals surface area contributed by atoms with E-state index in [1.54, 1.807) is 24.4 Å². The van der Waals surface area contributed by atoms with Crippen LogP contribution in [0.4, 0.5) is 0 Å². The van der Waals surface area contributed by atoms with Crippen LogP contribution in [0.25, 0.3) is 0 Å². The van der Waals surface area contributed by atoms with Crippen molar-refractivity contribution in [3.8, 4) is 6.07 Å². The third-order valence-electron chi connectivity index (χ3n) is 2.64. The molecule has 2 aromatic rings. The first-order valence-corrected chi connectivity index (χ1v) is 6.10. The number of nitrogens with two attached hydrogens (primary N) is 1. The van der Waals surface area contributed by atoms with Crippen LogP contribution in [0.3, 0.4) is 0 Å². The van der Waals surface area contributed by atoms with Crippen LogP contribution in [-0.2, 0) is 13.1 Å². The van der Waals surface area contributed by atoms with Gasteiger partial charge in [-0.2, -0.15) is 5.26 Å². The topological polar surface area (TPSA) is 110 Å². The van der Waals surface area contributed by atoms with E-state index in [-0.39, 0.29) is 11.6 Å². The summed E-state index contributed by atoms with van der Waals surface area (Å²) < 4.78 is 1.52. The van der Waals surface area contributed by atoms with E-state index in [2.05, 4.69) is 21.7 Å². The van der Waals surface area contributed by atoms with Crippen LogP contribution in [0, 0.1) is 11.3 Å². The van der Waals surface area contributed by atoms with Crippen LogP contribution < -0.4 is 11.1 Å². The molecule has 0 aliphatic rings. The van der Waals surface area contributed by atoms with E-state index in [4.69, 9.17) is 11.0 Å². The molecule has 1 heterocycles. The molecule has 0 unspecified atom stereocenters. The largest absolute Gasteiger partial charge is 0.347 e. The Morgan fingerprint density at radius 2 is 2.35 bits per heavy atom. The van der Waals surface area contributed by atoms with Gasteiger partial charge in [0, 0.05) is 13.1 Å². The van der Waals surface area contributed by atoms with Crippen LogP contribution in [0.5, 0.6) is 0 Å². The van der Waals surface area contributed by atoms with Crippen molar-refractivity contribution in [2.24, 2.45) is 5.73 Å². The Morgan fingerprint density at radius 3 is 3.10 bits per heavy atom. The lowest BCUT2D eigenvalue weighted by atomic mass is 10.1. The van der Waals surface area contributed by atoms with Crippen molar-refractivity contribution in [2.75, 3.05) is 6.54 Å². The molecule has 7 heteroatoms. The maximum Gasteiger partial charge on any atom is 0.273 e. The molecule has 1 amide bonds. The summed E-state index contributed by atoms with van der Waals surface area (Å²) in [6.45, 7) is 1.29. The van der Waals surface area contributed by atoms with Crippen LogP contribution >= 0.6 is 0 Å². The summed E-state index contributed by atoms with van der Waals surface area (Å²) >= 11 is 0. The second-order valence-corrected chi connectivity index (χ2v) is 4.15. The quantitative estimate of drug-likeness (QED) is 0.797. The molecule has 1 aromatic heterocycles. The third-order valence-corrected chi connectivity index (χ3v) is 2.64. The molecule has 2 rings (SSSR count). The van der Waals surface area contributed by atoms with Crippen molar-refractivity contribution in [3.63, 3.8) is 0 Å². The number of hydrogen-bond acceptors (Lipinski definition) is 5. The summed E-state index contributed by atoms with van der Waals surface area (Å²) in [5, 5.41) is 19.1. The Balaban J connectivity index is 1.95. The second-order valence-electron chi connectivity index (χ2n) is 4.15. The Bertz CT molecular complexity index is 642. The molecule has 0 fully saturated rings. The summed E-state index contributed by atoms with van der Waals surface area (Å²) in [5.41, 5.74) is 7.05. The zero-order chi connectivity index (χ0) is 14.4. The molecule has 0 aliphatic heterocycles. The predicted molar refractivity (Wildman–Crippen MR) is 71.4 cm³/mol. The smallest absolute Gasteiger partial charge is 0.273 e.